The van der Waals surface area contributed by atoms with Crippen molar-refractivity contribution in [3.05, 3.63) is 12.3 Å². The summed E-state index contributed by atoms with van der Waals surface area (Å²) in [6.07, 6.45) is 7.30. The molecule has 2 N–H and O–H groups in total. The van der Waals surface area contributed by atoms with Gasteiger partial charge in [-0.2, -0.15) is 0 Å². The SMILES string of the molecule is CSc1nccc(NC2CCC(NC(=O)OC(C)(C)C)CC2)n1. The number of ether oxygens (including phenoxy) is 1. The fourth-order valence-electron chi connectivity index (χ4n) is 2.58. The molecule has 0 unspecified atom stereocenters. The van der Waals surface area contributed by atoms with Crippen LogP contribution in [0, 0.1) is 0 Å². The number of thioether (sulfide) groups is 1. The van der Waals surface area contributed by atoms with E-state index in [9.17, 15) is 4.79 Å². The summed E-state index contributed by atoms with van der Waals surface area (Å²) in [4.78, 5) is 20.4. The van der Waals surface area contributed by atoms with Crippen molar-refractivity contribution in [2.45, 2.75) is 69.3 Å². The van der Waals surface area contributed by atoms with Crippen molar-refractivity contribution in [3.8, 4) is 0 Å². The van der Waals surface area contributed by atoms with Crippen molar-refractivity contribution in [3.63, 3.8) is 0 Å². The Morgan fingerprint density at radius 2 is 1.91 bits per heavy atom. The summed E-state index contributed by atoms with van der Waals surface area (Å²) in [7, 11) is 0. The Balaban J connectivity index is 1.76. The van der Waals surface area contributed by atoms with Crippen molar-refractivity contribution in [2.75, 3.05) is 11.6 Å². The number of alkyl carbamates (subject to hydrolysis) is 1. The molecule has 0 atom stereocenters. The molecule has 1 fully saturated rings. The van der Waals surface area contributed by atoms with Gasteiger partial charge < -0.3 is 15.4 Å². The number of nitrogens with zero attached hydrogens (tertiary/aromatic N) is 2. The number of aromatic nitrogens is 2. The second-order valence-corrected chi connectivity index (χ2v) is 7.54. The van der Waals surface area contributed by atoms with Gasteiger partial charge in [0.15, 0.2) is 5.16 Å². The summed E-state index contributed by atoms with van der Waals surface area (Å²) in [5, 5.41) is 7.19. The van der Waals surface area contributed by atoms with Crippen LogP contribution >= 0.6 is 11.8 Å². The van der Waals surface area contributed by atoms with Gasteiger partial charge in [0.2, 0.25) is 0 Å². The Bertz CT molecular complexity index is 525. The van der Waals surface area contributed by atoms with Crippen LogP contribution in [-0.4, -0.2) is 40.0 Å². The van der Waals surface area contributed by atoms with E-state index < -0.39 is 5.60 Å². The number of carbonyl (C=O) groups is 1. The maximum Gasteiger partial charge on any atom is 0.407 e. The zero-order valence-corrected chi connectivity index (χ0v) is 15.1. The lowest BCUT2D eigenvalue weighted by molar-refractivity contribution is 0.0492. The predicted octanol–water partition coefficient (Wildman–Crippen LogP) is 3.45. The lowest BCUT2D eigenvalue weighted by atomic mass is 9.91. The highest BCUT2D eigenvalue weighted by molar-refractivity contribution is 7.98. The van der Waals surface area contributed by atoms with E-state index in [2.05, 4.69) is 20.6 Å². The first kappa shape index (κ1) is 17.8. The van der Waals surface area contributed by atoms with E-state index in [0.717, 1.165) is 36.7 Å². The minimum atomic E-state index is -0.454. The molecule has 0 saturated heterocycles. The van der Waals surface area contributed by atoms with Gasteiger partial charge in [0.05, 0.1) is 0 Å². The summed E-state index contributed by atoms with van der Waals surface area (Å²) in [5.74, 6) is 0.868. The second kappa shape index (κ2) is 7.86. The Labute approximate surface area is 142 Å². The molecule has 1 aromatic heterocycles. The number of hydrogen-bond donors (Lipinski definition) is 2. The number of nitrogens with one attached hydrogen (secondary N) is 2. The minimum Gasteiger partial charge on any atom is -0.444 e. The normalized spacial score (nSPS) is 21.6. The van der Waals surface area contributed by atoms with Crippen molar-refractivity contribution >= 4 is 23.7 Å². The Morgan fingerprint density at radius 1 is 1.26 bits per heavy atom. The highest BCUT2D eigenvalue weighted by Gasteiger charge is 2.24. The first-order chi connectivity index (χ1) is 10.9. The molecule has 1 heterocycles. The van der Waals surface area contributed by atoms with Gasteiger partial charge in [0, 0.05) is 18.3 Å². The van der Waals surface area contributed by atoms with Gasteiger partial charge in [-0.25, -0.2) is 14.8 Å². The van der Waals surface area contributed by atoms with Gasteiger partial charge in [-0.1, -0.05) is 11.8 Å². The molecular formula is C16H26N4O2S. The third-order valence-corrected chi connectivity index (χ3v) is 4.18. The van der Waals surface area contributed by atoms with Gasteiger partial charge in [-0.05, 0) is 58.8 Å². The predicted molar refractivity (Wildman–Crippen MR) is 92.8 cm³/mol. The highest BCUT2D eigenvalue weighted by Crippen LogP contribution is 2.22. The second-order valence-electron chi connectivity index (χ2n) is 6.77. The number of rotatable bonds is 4. The molecule has 1 aromatic rings. The zero-order chi connectivity index (χ0) is 16.9. The summed E-state index contributed by atoms with van der Waals surface area (Å²) in [5.41, 5.74) is -0.454. The van der Waals surface area contributed by atoms with Gasteiger partial charge in [-0.3, -0.25) is 0 Å². The van der Waals surface area contributed by atoms with Gasteiger partial charge in [0.1, 0.15) is 11.4 Å². The summed E-state index contributed by atoms with van der Waals surface area (Å²) in [6, 6.07) is 2.47. The van der Waals surface area contributed by atoms with Crippen LogP contribution < -0.4 is 10.6 Å². The molecule has 0 radical (unpaired) electrons. The molecule has 23 heavy (non-hydrogen) atoms. The van der Waals surface area contributed by atoms with Crippen molar-refractivity contribution in [1.29, 1.82) is 0 Å². The molecule has 1 aliphatic rings. The maximum absolute atomic E-state index is 11.8. The van der Waals surface area contributed by atoms with E-state index in [1.54, 1.807) is 6.20 Å². The molecule has 0 bridgehead atoms. The molecule has 1 amide bonds. The Morgan fingerprint density at radius 3 is 2.52 bits per heavy atom. The molecular weight excluding hydrogens is 312 g/mol. The molecule has 128 valence electrons. The number of amides is 1. The van der Waals surface area contributed by atoms with Gasteiger partial charge in [-0.15, -0.1) is 0 Å². The van der Waals surface area contributed by atoms with E-state index in [1.807, 2.05) is 33.1 Å². The summed E-state index contributed by atoms with van der Waals surface area (Å²) < 4.78 is 5.30. The Hall–Kier alpha value is -1.50. The summed E-state index contributed by atoms with van der Waals surface area (Å²) in [6.45, 7) is 5.62. The van der Waals surface area contributed by atoms with Crippen molar-refractivity contribution < 1.29 is 9.53 Å². The van der Waals surface area contributed by atoms with Gasteiger partial charge in [0.25, 0.3) is 0 Å². The molecule has 7 heteroatoms. The molecule has 1 saturated carbocycles. The number of hydrogen-bond acceptors (Lipinski definition) is 6. The third-order valence-electron chi connectivity index (χ3n) is 3.62. The maximum atomic E-state index is 11.8. The van der Waals surface area contributed by atoms with Crippen LogP contribution in [0.25, 0.3) is 0 Å². The van der Waals surface area contributed by atoms with E-state index in [0.29, 0.717) is 6.04 Å². The van der Waals surface area contributed by atoms with E-state index in [4.69, 9.17) is 4.74 Å². The van der Waals surface area contributed by atoms with Crippen LogP contribution in [0.4, 0.5) is 10.6 Å². The number of anilines is 1. The molecule has 0 spiro atoms. The topological polar surface area (TPSA) is 76.1 Å². The first-order valence-electron chi connectivity index (χ1n) is 7.99. The largest absolute Gasteiger partial charge is 0.444 e. The summed E-state index contributed by atoms with van der Waals surface area (Å²) >= 11 is 1.53. The van der Waals surface area contributed by atoms with Gasteiger partial charge >= 0.3 is 6.09 Å². The monoisotopic (exact) mass is 338 g/mol. The van der Waals surface area contributed by atoms with Crippen molar-refractivity contribution in [2.24, 2.45) is 0 Å². The van der Waals surface area contributed by atoms with Crippen LogP contribution in [0.15, 0.2) is 17.4 Å². The zero-order valence-electron chi connectivity index (χ0n) is 14.3. The standard InChI is InChI=1S/C16H26N4O2S/c1-16(2,3)22-15(21)19-12-7-5-11(6-8-12)18-13-9-10-17-14(20-13)23-4/h9-12H,5-8H2,1-4H3,(H,19,21)(H,17,18,20). The molecule has 6 nitrogen and oxygen atoms in total. The molecule has 0 aromatic carbocycles. The van der Waals surface area contributed by atoms with Crippen LogP contribution in [0.5, 0.6) is 0 Å². The fraction of sp³-hybridized carbons (Fsp3) is 0.688. The lowest BCUT2D eigenvalue weighted by Crippen LogP contribution is -2.42. The van der Waals surface area contributed by atoms with Crippen LogP contribution in [0.1, 0.15) is 46.5 Å². The highest BCUT2D eigenvalue weighted by atomic mass is 32.2. The first-order valence-corrected chi connectivity index (χ1v) is 9.21. The van der Waals surface area contributed by atoms with Crippen molar-refractivity contribution in [1.82, 2.24) is 15.3 Å². The Kier molecular flexibility index (Phi) is 6.10. The van der Waals surface area contributed by atoms with E-state index >= 15 is 0 Å². The van der Waals surface area contributed by atoms with Crippen LogP contribution in [0.3, 0.4) is 0 Å². The van der Waals surface area contributed by atoms with Crippen LogP contribution in [-0.2, 0) is 4.74 Å². The molecule has 0 aliphatic heterocycles. The lowest BCUT2D eigenvalue weighted by Gasteiger charge is -2.30. The number of carbonyl (C=O) groups excluding carboxylic acids is 1. The quantitative estimate of drug-likeness (QED) is 0.647. The average molecular weight is 338 g/mol. The van der Waals surface area contributed by atoms with E-state index in [-0.39, 0.29) is 12.1 Å². The van der Waals surface area contributed by atoms with Crippen LogP contribution in [0.2, 0.25) is 0 Å². The average Bonchev–Trinajstić information content (AvgIpc) is 2.47. The third kappa shape index (κ3) is 6.25. The smallest absolute Gasteiger partial charge is 0.407 e. The fourth-order valence-corrected chi connectivity index (χ4v) is 2.94. The molecule has 2 rings (SSSR count). The van der Waals surface area contributed by atoms with E-state index in [1.165, 1.54) is 11.8 Å². The minimum absolute atomic E-state index is 0.190. The molecule has 1 aliphatic carbocycles.